The number of hydrogen-bond donors (Lipinski definition) is 2. The number of ether oxygens (including phenoxy) is 1. The second-order valence-corrected chi connectivity index (χ2v) is 7.74. The molecule has 1 fully saturated rings. The fraction of sp³-hybridized carbons (Fsp3) is 0.545. The lowest BCUT2D eigenvalue weighted by Crippen LogP contribution is -2.52. The van der Waals surface area contributed by atoms with E-state index in [1.807, 2.05) is 44.2 Å². The number of likely N-dealkylation sites (tertiary alicyclic amines) is 1. The van der Waals surface area contributed by atoms with E-state index in [1.165, 1.54) is 0 Å². The van der Waals surface area contributed by atoms with Crippen LogP contribution >= 0.6 is 0 Å². The molecule has 26 heavy (non-hydrogen) atoms. The van der Waals surface area contributed by atoms with Gasteiger partial charge in [-0.15, -0.1) is 0 Å². The molecule has 1 aliphatic heterocycles. The Morgan fingerprint density at radius 3 is 2.42 bits per heavy atom. The second kappa shape index (κ2) is 8.49. The third-order valence-corrected chi connectivity index (χ3v) is 5.52. The lowest BCUT2D eigenvalue weighted by Gasteiger charge is -2.42. The quantitative estimate of drug-likeness (QED) is 0.764. The first-order chi connectivity index (χ1) is 12.5. The summed E-state index contributed by atoms with van der Waals surface area (Å²) in [5, 5.41) is 21.2. The zero-order chi connectivity index (χ0) is 18.6. The monoisotopic (exact) mass is 357 g/mol. The molecule has 1 saturated heterocycles. The summed E-state index contributed by atoms with van der Waals surface area (Å²) in [6.07, 6.45) is 8.84. The van der Waals surface area contributed by atoms with Crippen molar-refractivity contribution in [3.63, 3.8) is 0 Å². The molecule has 3 atom stereocenters. The second-order valence-electron chi connectivity index (χ2n) is 7.74. The van der Waals surface area contributed by atoms with Crippen molar-refractivity contribution in [2.24, 2.45) is 0 Å². The molecule has 1 aliphatic carbocycles. The van der Waals surface area contributed by atoms with Crippen LogP contribution in [-0.4, -0.2) is 46.1 Å². The van der Waals surface area contributed by atoms with Crippen LogP contribution in [-0.2, 0) is 4.74 Å². The van der Waals surface area contributed by atoms with E-state index in [2.05, 4.69) is 23.1 Å². The van der Waals surface area contributed by atoms with Gasteiger partial charge in [-0.3, -0.25) is 4.90 Å². The summed E-state index contributed by atoms with van der Waals surface area (Å²) < 4.78 is 6.03. The van der Waals surface area contributed by atoms with Gasteiger partial charge in [0.25, 0.3) is 0 Å². The molecule has 1 aromatic carbocycles. The molecule has 4 nitrogen and oxygen atoms in total. The molecule has 0 spiro atoms. The minimum Gasteiger partial charge on any atom is -0.390 e. The average Bonchev–Trinajstić information content (AvgIpc) is 2.65. The summed E-state index contributed by atoms with van der Waals surface area (Å²) in [5.74, 6) is 0. The van der Waals surface area contributed by atoms with Gasteiger partial charge in [0.2, 0.25) is 0 Å². The van der Waals surface area contributed by atoms with Gasteiger partial charge in [-0.05, 0) is 50.7 Å². The maximum Gasteiger partial charge on any atom is 0.175 e. The number of hydrogen-bond acceptors (Lipinski definition) is 4. The molecule has 1 heterocycles. The number of allylic oxidation sites excluding steroid dienone is 2. The summed E-state index contributed by atoms with van der Waals surface area (Å²) in [6.45, 7) is 5.37. The summed E-state index contributed by atoms with van der Waals surface area (Å²) >= 11 is 0. The number of nitrogens with zero attached hydrogens (tertiary/aromatic N) is 1. The van der Waals surface area contributed by atoms with Gasteiger partial charge in [0.1, 0.15) is 0 Å². The van der Waals surface area contributed by atoms with Gasteiger partial charge >= 0.3 is 0 Å². The van der Waals surface area contributed by atoms with E-state index in [0.717, 1.165) is 37.1 Å². The zero-order valence-corrected chi connectivity index (χ0v) is 15.8. The van der Waals surface area contributed by atoms with Gasteiger partial charge in [0.15, 0.2) is 6.29 Å². The Bertz CT molecular complexity index is 628. The van der Waals surface area contributed by atoms with Crippen molar-refractivity contribution >= 4 is 0 Å². The Morgan fingerprint density at radius 2 is 1.81 bits per heavy atom. The number of benzene rings is 1. The largest absolute Gasteiger partial charge is 0.390 e. The number of piperidine rings is 1. The Hall–Kier alpha value is -1.46. The van der Waals surface area contributed by atoms with Crippen LogP contribution in [0.4, 0.5) is 0 Å². The molecule has 0 aromatic heterocycles. The lowest BCUT2D eigenvalue weighted by atomic mass is 9.90. The zero-order valence-electron chi connectivity index (χ0n) is 15.8. The highest BCUT2D eigenvalue weighted by Crippen LogP contribution is 2.30. The minimum atomic E-state index is -0.915. The van der Waals surface area contributed by atoms with Gasteiger partial charge in [-0.2, -0.15) is 0 Å². The van der Waals surface area contributed by atoms with E-state index >= 15 is 0 Å². The SMILES string of the molecule is CC(OC(O)C(C1=CCCC=C1)N1CCC(C)(O)CC1)c1ccccc1. The predicted octanol–water partition coefficient (Wildman–Crippen LogP) is 3.57. The summed E-state index contributed by atoms with van der Waals surface area (Å²) in [5.41, 5.74) is 1.56. The summed E-state index contributed by atoms with van der Waals surface area (Å²) in [6, 6.07) is 9.78. The van der Waals surface area contributed by atoms with E-state index < -0.39 is 11.9 Å². The van der Waals surface area contributed by atoms with Crippen LogP contribution < -0.4 is 0 Å². The molecular formula is C22H31NO3. The summed E-state index contributed by atoms with van der Waals surface area (Å²) in [7, 11) is 0. The van der Waals surface area contributed by atoms with E-state index in [-0.39, 0.29) is 12.1 Å². The van der Waals surface area contributed by atoms with Crippen LogP contribution in [0.3, 0.4) is 0 Å². The Labute approximate surface area is 156 Å². The topological polar surface area (TPSA) is 52.9 Å². The molecule has 4 heteroatoms. The molecular weight excluding hydrogens is 326 g/mol. The predicted molar refractivity (Wildman–Crippen MR) is 104 cm³/mol. The molecule has 2 N–H and O–H groups in total. The van der Waals surface area contributed by atoms with Crippen LogP contribution in [0.15, 0.2) is 54.1 Å². The molecule has 1 aromatic rings. The van der Waals surface area contributed by atoms with Crippen LogP contribution in [0, 0.1) is 0 Å². The first-order valence-corrected chi connectivity index (χ1v) is 9.68. The molecule has 3 unspecified atom stereocenters. The molecule has 0 amide bonds. The highest BCUT2D eigenvalue weighted by atomic mass is 16.6. The van der Waals surface area contributed by atoms with Gasteiger partial charge in [0.05, 0.1) is 17.7 Å². The van der Waals surface area contributed by atoms with E-state index in [4.69, 9.17) is 4.74 Å². The summed E-state index contributed by atoms with van der Waals surface area (Å²) in [4.78, 5) is 2.25. The number of aliphatic hydroxyl groups excluding tert-OH is 1. The van der Waals surface area contributed by atoms with Crippen LogP contribution in [0.25, 0.3) is 0 Å². The van der Waals surface area contributed by atoms with Crippen molar-refractivity contribution in [1.29, 1.82) is 0 Å². The standard InChI is InChI=1S/C22H31NO3/c1-17(18-9-5-3-6-10-18)26-21(24)20(19-11-7-4-8-12-19)23-15-13-22(2,25)14-16-23/h3,5-7,9-12,17,20-21,24-25H,4,8,13-16H2,1-2H3. The average molecular weight is 357 g/mol. The number of aliphatic hydroxyl groups is 2. The van der Waals surface area contributed by atoms with Gasteiger partial charge in [0, 0.05) is 13.1 Å². The van der Waals surface area contributed by atoms with Crippen molar-refractivity contribution in [2.75, 3.05) is 13.1 Å². The molecule has 0 bridgehead atoms. The lowest BCUT2D eigenvalue weighted by molar-refractivity contribution is -0.168. The minimum absolute atomic E-state index is 0.185. The highest BCUT2D eigenvalue weighted by Gasteiger charge is 2.36. The van der Waals surface area contributed by atoms with Crippen molar-refractivity contribution in [3.8, 4) is 0 Å². The molecule has 0 saturated carbocycles. The number of rotatable bonds is 6. The first-order valence-electron chi connectivity index (χ1n) is 9.68. The fourth-order valence-electron chi connectivity index (χ4n) is 3.78. The maximum absolute atomic E-state index is 11.0. The van der Waals surface area contributed by atoms with Crippen molar-refractivity contribution in [1.82, 2.24) is 4.90 Å². The first kappa shape index (κ1) is 19.3. The molecule has 2 aliphatic rings. The third kappa shape index (κ3) is 4.83. The Morgan fingerprint density at radius 1 is 1.12 bits per heavy atom. The Kier molecular flexibility index (Phi) is 6.30. The van der Waals surface area contributed by atoms with E-state index in [1.54, 1.807) is 0 Å². The van der Waals surface area contributed by atoms with Gasteiger partial charge in [-0.25, -0.2) is 0 Å². The third-order valence-electron chi connectivity index (χ3n) is 5.52. The van der Waals surface area contributed by atoms with Crippen LogP contribution in [0.5, 0.6) is 0 Å². The maximum atomic E-state index is 11.0. The fourth-order valence-corrected chi connectivity index (χ4v) is 3.78. The van der Waals surface area contributed by atoms with Crippen LogP contribution in [0.2, 0.25) is 0 Å². The van der Waals surface area contributed by atoms with E-state index in [9.17, 15) is 10.2 Å². The molecule has 3 rings (SSSR count). The molecule has 0 radical (unpaired) electrons. The van der Waals surface area contributed by atoms with E-state index in [0.29, 0.717) is 12.8 Å². The van der Waals surface area contributed by atoms with Crippen LogP contribution in [0.1, 0.15) is 51.2 Å². The van der Waals surface area contributed by atoms with Crippen molar-refractivity contribution in [2.45, 2.75) is 63.6 Å². The van der Waals surface area contributed by atoms with Gasteiger partial charge in [-0.1, -0.05) is 48.6 Å². The Balaban J connectivity index is 1.74. The normalized spacial score (nSPS) is 23.9. The molecule has 142 valence electrons. The van der Waals surface area contributed by atoms with Crippen molar-refractivity contribution < 1.29 is 14.9 Å². The van der Waals surface area contributed by atoms with Gasteiger partial charge < -0.3 is 14.9 Å². The smallest absolute Gasteiger partial charge is 0.175 e. The van der Waals surface area contributed by atoms with Crippen molar-refractivity contribution in [3.05, 3.63) is 59.7 Å². The highest BCUT2D eigenvalue weighted by molar-refractivity contribution is 5.29.